The first-order valence-electron chi connectivity index (χ1n) is 8.11. The van der Waals surface area contributed by atoms with E-state index in [0.717, 1.165) is 0 Å². The van der Waals surface area contributed by atoms with Gasteiger partial charge in [-0.25, -0.2) is 0 Å². The van der Waals surface area contributed by atoms with Gasteiger partial charge in [-0.15, -0.1) is 0 Å². The molecule has 0 spiro atoms. The molecule has 1 radical (unpaired) electrons. The molecule has 24 heavy (non-hydrogen) atoms. The van der Waals surface area contributed by atoms with Gasteiger partial charge in [-0.3, -0.25) is 0 Å². The normalized spacial score (nSPS) is 29.3. The predicted octanol–water partition coefficient (Wildman–Crippen LogP) is 4.32. The van der Waals surface area contributed by atoms with Gasteiger partial charge in [0.05, 0.1) is 0 Å². The van der Waals surface area contributed by atoms with Crippen LogP contribution in [0.4, 0.5) is 0 Å². The Morgan fingerprint density at radius 2 is 1.12 bits per heavy atom. The van der Waals surface area contributed by atoms with Gasteiger partial charge in [0.2, 0.25) is 0 Å². The van der Waals surface area contributed by atoms with Gasteiger partial charge in [-0.05, 0) is 18.9 Å². The second kappa shape index (κ2) is 8.26. The molecule has 0 aliphatic carbocycles. The smallest absolute Gasteiger partial charge is 0.628 e. The molecule has 2 heterocycles. The van der Waals surface area contributed by atoms with E-state index < -0.39 is 0 Å². The molecule has 0 N–H and O–H groups in total. The fourth-order valence-corrected chi connectivity index (χ4v) is 3.12. The van der Waals surface area contributed by atoms with Gasteiger partial charge in [0.1, 0.15) is 0 Å². The van der Waals surface area contributed by atoms with Gasteiger partial charge in [0.25, 0.3) is 0 Å². The van der Waals surface area contributed by atoms with Crippen molar-refractivity contribution in [3.63, 3.8) is 0 Å². The molecule has 2 aliphatic rings. The van der Waals surface area contributed by atoms with Crippen molar-refractivity contribution in [1.82, 2.24) is 0 Å². The Labute approximate surface area is 153 Å². The molecule has 0 aromatic heterocycles. The maximum atomic E-state index is 5.82. The first kappa shape index (κ1) is 17.6. The van der Waals surface area contributed by atoms with Crippen molar-refractivity contribution >= 4 is 0 Å². The summed E-state index contributed by atoms with van der Waals surface area (Å²) < 4.78 is 11.6. The van der Waals surface area contributed by atoms with E-state index in [1.807, 2.05) is 36.4 Å². The summed E-state index contributed by atoms with van der Waals surface area (Å²) in [7, 11) is 0. The SMILES string of the molecule is [Cu+2].c1ccc([C@@H]2COC(CC3[N-][C@H](c4ccccc4)CO3)[N-]2)cc1. The maximum absolute atomic E-state index is 5.82. The first-order valence-corrected chi connectivity index (χ1v) is 8.11. The standard InChI is InChI=1S/C19H20N2O2.Cu/c1-3-7-14(8-4-1)16-12-22-18(20-16)11-19-21-17(13-23-19)15-9-5-2-6-10-15;/h1-10,16-19H,11-13H2;/q-2;+2/t16-,17-,18?,19?;/m0./s1. The molecule has 2 aromatic rings. The summed E-state index contributed by atoms with van der Waals surface area (Å²) in [4.78, 5) is 0. The van der Waals surface area contributed by atoms with Gasteiger partial charge in [0, 0.05) is 13.2 Å². The van der Waals surface area contributed by atoms with Crippen molar-refractivity contribution in [3.05, 3.63) is 82.4 Å². The molecule has 2 aromatic carbocycles. The molecule has 0 saturated carbocycles. The Kier molecular flexibility index (Phi) is 6.06. The molecule has 2 saturated heterocycles. The van der Waals surface area contributed by atoms with Gasteiger partial charge in [-0.2, -0.15) is 0 Å². The summed E-state index contributed by atoms with van der Waals surface area (Å²) >= 11 is 0. The minimum absolute atomic E-state index is 0. The number of rotatable bonds is 4. The van der Waals surface area contributed by atoms with E-state index in [1.54, 1.807) is 0 Å². The fraction of sp³-hybridized carbons (Fsp3) is 0.368. The van der Waals surface area contributed by atoms with Crippen molar-refractivity contribution in [2.24, 2.45) is 0 Å². The largest absolute Gasteiger partial charge is 2.00 e. The number of nitrogens with zero attached hydrogens (tertiary/aromatic N) is 2. The van der Waals surface area contributed by atoms with E-state index in [1.165, 1.54) is 11.1 Å². The van der Waals surface area contributed by atoms with Gasteiger partial charge < -0.3 is 20.1 Å². The maximum Gasteiger partial charge on any atom is 2.00 e. The van der Waals surface area contributed by atoms with Crippen molar-refractivity contribution in [1.29, 1.82) is 0 Å². The van der Waals surface area contributed by atoms with Crippen LogP contribution in [0.2, 0.25) is 0 Å². The minimum Gasteiger partial charge on any atom is -0.628 e. The average molecular weight is 372 g/mol. The van der Waals surface area contributed by atoms with Crippen LogP contribution in [0, 0.1) is 0 Å². The second-order valence-electron chi connectivity index (χ2n) is 5.96. The predicted molar refractivity (Wildman–Crippen MR) is 89.2 cm³/mol. The number of ether oxygens (including phenoxy) is 2. The zero-order chi connectivity index (χ0) is 15.5. The number of hydrogen-bond donors (Lipinski definition) is 0. The van der Waals surface area contributed by atoms with E-state index in [-0.39, 0.29) is 41.6 Å². The second-order valence-corrected chi connectivity index (χ2v) is 5.96. The number of benzene rings is 2. The number of hydrogen-bond acceptors (Lipinski definition) is 2. The van der Waals surface area contributed by atoms with Crippen molar-refractivity contribution < 1.29 is 26.5 Å². The quantitative estimate of drug-likeness (QED) is 0.751. The zero-order valence-electron chi connectivity index (χ0n) is 13.2. The van der Waals surface area contributed by atoms with E-state index in [4.69, 9.17) is 20.1 Å². The van der Waals surface area contributed by atoms with Crippen LogP contribution in [0.15, 0.2) is 60.7 Å². The summed E-state index contributed by atoms with van der Waals surface area (Å²) in [5, 5.41) is 9.51. The molecule has 4 nitrogen and oxygen atoms in total. The van der Waals surface area contributed by atoms with Crippen molar-refractivity contribution in [3.8, 4) is 0 Å². The molecule has 2 unspecified atom stereocenters. The summed E-state index contributed by atoms with van der Waals surface area (Å²) in [6, 6.07) is 20.9. The van der Waals surface area contributed by atoms with E-state index in [2.05, 4.69) is 24.3 Å². The van der Waals surface area contributed by atoms with Gasteiger partial charge in [-0.1, -0.05) is 83.9 Å². The van der Waals surface area contributed by atoms with Crippen LogP contribution < -0.4 is 0 Å². The zero-order valence-corrected chi connectivity index (χ0v) is 14.2. The van der Waals surface area contributed by atoms with Gasteiger partial charge >= 0.3 is 17.1 Å². The van der Waals surface area contributed by atoms with Crippen LogP contribution in [-0.2, 0) is 26.5 Å². The van der Waals surface area contributed by atoms with Crippen molar-refractivity contribution in [2.75, 3.05) is 13.2 Å². The van der Waals surface area contributed by atoms with E-state index >= 15 is 0 Å². The molecule has 5 heteroatoms. The Hall–Kier alpha value is -1.20. The summed E-state index contributed by atoms with van der Waals surface area (Å²) in [5.74, 6) is 0. The molecule has 129 valence electrons. The molecular formula is C19H20CuN2O2. The molecular weight excluding hydrogens is 352 g/mol. The molecule has 0 amide bonds. The van der Waals surface area contributed by atoms with Crippen LogP contribution in [0.1, 0.15) is 29.6 Å². The van der Waals surface area contributed by atoms with Crippen LogP contribution in [0.25, 0.3) is 10.6 Å². The Bertz CT molecular complexity index is 570. The Morgan fingerprint density at radius 3 is 1.54 bits per heavy atom. The fourth-order valence-electron chi connectivity index (χ4n) is 3.12. The molecule has 2 aliphatic heterocycles. The Morgan fingerprint density at radius 1 is 0.708 bits per heavy atom. The minimum atomic E-state index is -0.122. The third-order valence-electron chi connectivity index (χ3n) is 4.36. The first-order chi connectivity index (χ1) is 11.4. The van der Waals surface area contributed by atoms with Gasteiger partial charge in [0.15, 0.2) is 0 Å². The van der Waals surface area contributed by atoms with Crippen LogP contribution >= 0.6 is 0 Å². The topological polar surface area (TPSA) is 46.7 Å². The molecule has 0 bridgehead atoms. The summed E-state index contributed by atoms with van der Waals surface area (Å²) in [6.45, 7) is 1.28. The van der Waals surface area contributed by atoms with Crippen LogP contribution in [0.3, 0.4) is 0 Å². The van der Waals surface area contributed by atoms with E-state index in [0.29, 0.717) is 19.6 Å². The van der Waals surface area contributed by atoms with Crippen LogP contribution in [-0.4, -0.2) is 25.7 Å². The third kappa shape index (κ3) is 4.06. The Balaban J connectivity index is 0.00000169. The van der Waals surface area contributed by atoms with Crippen LogP contribution in [0.5, 0.6) is 0 Å². The third-order valence-corrected chi connectivity index (χ3v) is 4.36. The average Bonchev–Trinajstić information content (AvgIpc) is 3.27. The summed E-state index contributed by atoms with van der Waals surface area (Å²) in [6.07, 6.45) is 0.458. The molecule has 4 atom stereocenters. The molecule has 4 rings (SSSR count). The molecule has 2 fully saturated rings. The summed E-state index contributed by atoms with van der Waals surface area (Å²) in [5.41, 5.74) is 2.42. The van der Waals surface area contributed by atoms with E-state index in [9.17, 15) is 0 Å². The monoisotopic (exact) mass is 371 g/mol. The van der Waals surface area contributed by atoms with Crippen molar-refractivity contribution in [2.45, 2.75) is 31.0 Å².